The van der Waals surface area contributed by atoms with Gasteiger partial charge in [-0.15, -0.1) is 5.01 Å². The number of nitrogens with zero attached hydrogens (tertiary/aromatic N) is 3. The van der Waals surface area contributed by atoms with Crippen molar-refractivity contribution < 1.29 is 23.6 Å². The number of halogens is 1. The van der Waals surface area contributed by atoms with Crippen molar-refractivity contribution in [2.75, 3.05) is 43.2 Å². The largest absolute Gasteiger partial charge is 0.450 e. The standard InChI is InChI=1S/C9H13IN4O4/c1-2-17-9(15)11-8-7(10)14(12-18-8)13-3-5-16-6-4-13/h2-6H2,1H3/p+1. The second-order valence-corrected chi connectivity index (χ2v) is 4.52. The van der Waals surface area contributed by atoms with E-state index in [2.05, 4.69) is 33.2 Å². The van der Waals surface area contributed by atoms with Crippen molar-refractivity contribution in [2.45, 2.75) is 6.92 Å². The summed E-state index contributed by atoms with van der Waals surface area (Å²) < 4.78 is 15.8. The Bertz CT molecular complexity index is 419. The van der Waals surface area contributed by atoms with Gasteiger partial charge in [-0.05, 0) is 6.92 Å². The average molecular weight is 369 g/mol. The number of hydrogen-bond acceptors (Lipinski definition) is 6. The highest BCUT2D eigenvalue weighted by Crippen LogP contribution is 2.13. The summed E-state index contributed by atoms with van der Waals surface area (Å²) in [5.41, 5.74) is 0. The molecule has 0 radical (unpaired) electrons. The molecule has 0 atom stereocenters. The molecular weight excluding hydrogens is 355 g/mol. The molecular formula is C9H14IN4O4+. The highest BCUT2D eigenvalue weighted by molar-refractivity contribution is 14.1. The molecule has 1 aliphatic rings. The minimum Gasteiger partial charge on any atom is -0.450 e. The lowest BCUT2D eigenvalue weighted by atomic mass is 10.5. The topological polar surface area (TPSA) is 80.7 Å². The first-order valence-electron chi connectivity index (χ1n) is 5.56. The van der Waals surface area contributed by atoms with E-state index in [-0.39, 0.29) is 5.88 Å². The van der Waals surface area contributed by atoms with Crippen LogP contribution in [0.25, 0.3) is 0 Å². The molecule has 2 heterocycles. The predicted molar refractivity (Wildman–Crippen MR) is 68.8 cm³/mol. The van der Waals surface area contributed by atoms with E-state index >= 15 is 0 Å². The molecule has 1 N–H and O–H groups in total. The Balaban J connectivity index is 2.05. The van der Waals surface area contributed by atoms with Gasteiger partial charge >= 0.3 is 15.7 Å². The molecule has 0 aromatic carbocycles. The average Bonchev–Trinajstić information content (AvgIpc) is 2.72. The van der Waals surface area contributed by atoms with Crippen molar-refractivity contribution in [3.8, 4) is 0 Å². The van der Waals surface area contributed by atoms with E-state index in [1.165, 1.54) is 0 Å². The number of hydrogen-bond donors (Lipinski definition) is 1. The van der Waals surface area contributed by atoms with Gasteiger partial charge in [-0.3, -0.25) is 9.84 Å². The number of anilines is 1. The van der Waals surface area contributed by atoms with Crippen LogP contribution in [-0.2, 0) is 9.47 Å². The van der Waals surface area contributed by atoms with Crippen LogP contribution in [0.15, 0.2) is 4.52 Å². The molecule has 0 aliphatic carbocycles. The first kappa shape index (κ1) is 13.3. The van der Waals surface area contributed by atoms with E-state index in [0.717, 1.165) is 13.1 Å². The third kappa shape index (κ3) is 3.02. The summed E-state index contributed by atoms with van der Waals surface area (Å²) in [6.45, 7) is 4.80. The number of aromatic nitrogens is 2. The Morgan fingerprint density at radius 1 is 1.61 bits per heavy atom. The molecule has 1 aromatic rings. The summed E-state index contributed by atoms with van der Waals surface area (Å²) in [4.78, 5) is 12.9. The summed E-state index contributed by atoms with van der Waals surface area (Å²) in [5, 5.41) is 8.36. The van der Waals surface area contributed by atoms with Crippen LogP contribution >= 0.6 is 22.6 Å². The van der Waals surface area contributed by atoms with Gasteiger partial charge in [-0.1, -0.05) is 0 Å². The van der Waals surface area contributed by atoms with Crippen LogP contribution < -0.4 is 15.1 Å². The second kappa shape index (κ2) is 6.18. The molecule has 1 amide bonds. The van der Waals surface area contributed by atoms with Crippen molar-refractivity contribution >= 4 is 34.6 Å². The van der Waals surface area contributed by atoms with Gasteiger partial charge in [0.1, 0.15) is 0 Å². The molecule has 0 saturated carbocycles. The quantitative estimate of drug-likeness (QED) is 0.602. The minimum absolute atomic E-state index is 0.278. The summed E-state index contributed by atoms with van der Waals surface area (Å²) >= 11 is 2.05. The molecule has 9 heteroatoms. The molecule has 1 saturated heterocycles. The lowest BCUT2D eigenvalue weighted by Crippen LogP contribution is -2.64. The van der Waals surface area contributed by atoms with E-state index < -0.39 is 6.09 Å². The zero-order chi connectivity index (χ0) is 13.0. The van der Waals surface area contributed by atoms with Gasteiger partial charge in [-0.25, -0.2) is 4.79 Å². The van der Waals surface area contributed by atoms with Gasteiger partial charge in [0.2, 0.25) is 5.27 Å². The van der Waals surface area contributed by atoms with Gasteiger partial charge < -0.3 is 9.47 Å². The number of rotatable bonds is 3. The van der Waals surface area contributed by atoms with Crippen LogP contribution in [0.1, 0.15) is 6.92 Å². The van der Waals surface area contributed by atoms with Crippen molar-refractivity contribution in [1.82, 2.24) is 5.27 Å². The number of carbonyl (C=O) groups is 1. The van der Waals surface area contributed by atoms with Gasteiger partial charge in [0.15, 0.2) is 0 Å². The molecule has 1 aliphatic heterocycles. The molecule has 8 nitrogen and oxygen atoms in total. The van der Waals surface area contributed by atoms with Crippen LogP contribution in [0.2, 0.25) is 0 Å². The Labute approximate surface area is 117 Å². The van der Waals surface area contributed by atoms with E-state index in [0.29, 0.717) is 23.5 Å². The number of morpholine rings is 1. The molecule has 2 rings (SSSR count). The summed E-state index contributed by atoms with van der Waals surface area (Å²) in [5.74, 6) is 0.278. The zero-order valence-corrected chi connectivity index (χ0v) is 12.0. The van der Waals surface area contributed by atoms with E-state index in [1.54, 1.807) is 11.7 Å². The summed E-state index contributed by atoms with van der Waals surface area (Å²) in [7, 11) is 0. The molecule has 18 heavy (non-hydrogen) atoms. The fraction of sp³-hybridized carbons (Fsp3) is 0.667. The van der Waals surface area contributed by atoms with Crippen molar-refractivity contribution in [1.29, 1.82) is 0 Å². The van der Waals surface area contributed by atoms with E-state index in [1.807, 2.05) is 5.01 Å². The molecule has 0 bridgehead atoms. The second-order valence-electron chi connectivity index (χ2n) is 3.49. The highest BCUT2D eigenvalue weighted by Gasteiger charge is 2.30. The lowest BCUT2D eigenvalue weighted by molar-refractivity contribution is -0.770. The van der Waals surface area contributed by atoms with E-state index in [9.17, 15) is 4.79 Å². The maximum absolute atomic E-state index is 11.3. The molecule has 100 valence electrons. The first-order chi connectivity index (χ1) is 8.72. The number of nitrogens with one attached hydrogen (secondary N) is 1. The monoisotopic (exact) mass is 369 g/mol. The summed E-state index contributed by atoms with van der Waals surface area (Å²) in [6, 6.07) is 0. The minimum atomic E-state index is -0.555. The Morgan fingerprint density at radius 3 is 3.00 bits per heavy atom. The van der Waals surface area contributed by atoms with E-state index in [4.69, 9.17) is 14.0 Å². The Kier molecular flexibility index (Phi) is 4.58. The van der Waals surface area contributed by atoms with Gasteiger partial charge in [-0.2, -0.15) is 0 Å². The third-order valence-electron chi connectivity index (χ3n) is 2.32. The van der Waals surface area contributed by atoms with Crippen LogP contribution in [0, 0.1) is 3.70 Å². The first-order valence-corrected chi connectivity index (χ1v) is 6.64. The maximum atomic E-state index is 11.3. The Morgan fingerprint density at radius 2 is 2.33 bits per heavy atom. The number of carbonyl (C=O) groups excluding carboxylic acids is 1. The fourth-order valence-corrected chi connectivity index (χ4v) is 2.12. The van der Waals surface area contributed by atoms with Gasteiger partial charge in [0.25, 0.3) is 0 Å². The molecule has 0 unspecified atom stereocenters. The lowest BCUT2D eigenvalue weighted by Gasteiger charge is -2.18. The Hall–Kier alpha value is -1.10. The van der Waals surface area contributed by atoms with Crippen molar-refractivity contribution in [3.63, 3.8) is 0 Å². The molecule has 0 spiro atoms. The third-order valence-corrected chi connectivity index (χ3v) is 3.24. The molecule has 1 aromatic heterocycles. The van der Waals surface area contributed by atoms with Crippen LogP contribution in [0.5, 0.6) is 0 Å². The summed E-state index contributed by atoms with van der Waals surface area (Å²) in [6.07, 6.45) is -0.555. The van der Waals surface area contributed by atoms with Crippen LogP contribution in [0.3, 0.4) is 0 Å². The number of ether oxygens (including phenoxy) is 2. The zero-order valence-electron chi connectivity index (χ0n) is 9.89. The predicted octanol–water partition coefficient (Wildman–Crippen LogP) is 0.103. The molecule has 1 fully saturated rings. The van der Waals surface area contributed by atoms with Crippen molar-refractivity contribution in [3.05, 3.63) is 3.70 Å². The maximum Gasteiger partial charge on any atom is 0.414 e. The van der Waals surface area contributed by atoms with Crippen LogP contribution in [0.4, 0.5) is 10.7 Å². The number of amides is 1. The highest BCUT2D eigenvalue weighted by atomic mass is 127. The normalized spacial score (nSPS) is 15.6. The SMILES string of the molecule is CCOC(=O)Nc1on[n+](N2CCOCC2)c1I. The van der Waals surface area contributed by atoms with Crippen molar-refractivity contribution in [2.24, 2.45) is 0 Å². The van der Waals surface area contributed by atoms with Crippen LogP contribution in [-0.4, -0.2) is 44.3 Å². The fourth-order valence-electron chi connectivity index (χ4n) is 1.50. The van der Waals surface area contributed by atoms with Gasteiger partial charge in [0, 0.05) is 0 Å². The smallest absolute Gasteiger partial charge is 0.414 e. The van der Waals surface area contributed by atoms with Gasteiger partial charge in [0.05, 0.1) is 60.3 Å².